The van der Waals surface area contributed by atoms with Gasteiger partial charge in [0.2, 0.25) is 0 Å². The average Bonchev–Trinajstić information content (AvgIpc) is 2.94. The van der Waals surface area contributed by atoms with Crippen molar-refractivity contribution in [2.24, 2.45) is 0 Å². The van der Waals surface area contributed by atoms with Crippen molar-refractivity contribution in [2.75, 3.05) is 33.8 Å². The second-order valence-corrected chi connectivity index (χ2v) is 5.95. The topological polar surface area (TPSA) is 44.4 Å². The van der Waals surface area contributed by atoms with Gasteiger partial charge in [0.15, 0.2) is 0 Å². The highest BCUT2D eigenvalue weighted by molar-refractivity contribution is 5.36. The molecule has 1 aliphatic heterocycles. The van der Waals surface area contributed by atoms with Gasteiger partial charge in [0.1, 0.15) is 5.75 Å². The van der Waals surface area contributed by atoms with E-state index in [1.165, 1.54) is 5.56 Å². The van der Waals surface area contributed by atoms with Gasteiger partial charge in [0.05, 0.1) is 25.2 Å². The van der Waals surface area contributed by atoms with Gasteiger partial charge in [-0.15, -0.1) is 0 Å². The summed E-state index contributed by atoms with van der Waals surface area (Å²) < 4.78 is 5.54. The zero-order chi connectivity index (χ0) is 15.5. The van der Waals surface area contributed by atoms with Crippen LogP contribution in [0.2, 0.25) is 0 Å². The lowest BCUT2D eigenvalue weighted by atomic mass is 10.0. The summed E-state index contributed by atoms with van der Waals surface area (Å²) in [7, 11) is 3.93. The Morgan fingerprint density at radius 1 is 1.32 bits per heavy atom. The van der Waals surface area contributed by atoms with Gasteiger partial charge in [-0.3, -0.25) is 9.80 Å². The van der Waals surface area contributed by atoms with Crippen LogP contribution in [0.15, 0.2) is 30.6 Å². The van der Waals surface area contributed by atoms with Gasteiger partial charge in [0.25, 0.3) is 0 Å². The fourth-order valence-electron chi connectivity index (χ4n) is 3.11. The molecule has 0 saturated carbocycles. The maximum absolute atomic E-state index is 5.54. The lowest BCUT2D eigenvalue weighted by Gasteiger charge is -2.40. The van der Waals surface area contributed by atoms with Crippen LogP contribution in [0.4, 0.5) is 0 Å². The summed E-state index contributed by atoms with van der Waals surface area (Å²) in [4.78, 5) is 12.5. The van der Waals surface area contributed by atoms with Crippen LogP contribution in [0.1, 0.15) is 23.0 Å². The number of ether oxygens (including phenoxy) is 1. The molecule has 1 saturated heterocycles. The molecule has 0 unspecified atom stereocenters. The van der Waals surface area contributed by atoms with Crippen molar-refractivity contribution in [1.82, 2.24) is 19.8 Å². The highest BCUT2D eigenvalue weighted by Gasteiger charge is 2.28. The molecule has 5 heteroatoms. The molecule has 0 amide bonds. The first-order valence-electron chi connectivity index (χ1n) is 7.73. The standard InChI is InChI=1S/C17H24N4O/c1-13-15(19-12-18-13)10-21-9-8-20(2)16(11-21)14-6-4-5-7-17(14)22-3/h4-7,12,16H,8-11H2,1-3H3,(H,18,19)/t16-/m0/s1. The molecule has 3 rings (SSSR count). The van der Waals surface area contributed by atoms with Gasteiger partial charge in [0, 0.05) is 37.4 Å². The highest BCUT2D eigenvalue weighted by atomic mass is 16.5. The zero-order valence-corrected chi connectivity index (χ0v) is 13.5. The van der Waals surface area contributed by atoms with Crippen molar-refractivity contribution < 1.29 is 4.74 Å². The number of hydrogen-bond acceptors (Lipinski definition) is 4. The van der Waals surface area contributed by atoms with E-state index in [9.17, 15) is 0 Å². The second kappa shape index (κ2) is 6.50. The van der Waals surface area contributed by atoms with E-state index in [4.69, 9.17) is 4.74 Å². The maximum Gasteiger partial charge on any atom is 0.123 e. The second-order valence-electron chi connectivity index (χ2n) is 5.95. The average molecular weight is 300 g/mol. The summed E-state index contributed by atoms with van der Waals surface area (Å²) >= 11 is 0. The Balaban J connectivity index is 1.77. The van der Waals surface area contributed by atoms with Crippen LogP contribution >= 0.6 is 0 Å². The van der Waals surface area contributed by atoms with E-state index >= 15 is 0 Å². The maximum atomic E-state index is 5.54. The zero-order valence-electron chi connectivity index (χ0n) is 13.5. The Bertz CT molecular complexity index is 625. The molecule has 1 N–H and O–H groups in total. The number of para-hydroxylation sites is 1. The summed E-state index contributed by atoms with van der Waals surface area (Å²) in [6, 6.07) is 8.67. The van der Waals surface area contributed by atoms with Gasteiger partial charge in [-0.1, -0.05) is 18.2 Å². The van der Waals surface area contributed by atoms with Crippen molar-refractivity contribution in [3.63, 3.8) is 0 Å². The quantitative estimate of drug-likeness (QED) is 0.940. The summed E-state index contributed by atoms with van der Waals surface area (Å²) in [5.41, 5.74) is 3.56. The summed E-state index contributed by atoms with van der Waals surface area (Å²) in [5.74, 6) is 0.970. The molecule has 0 spiro atoms. The van der Waals surface area contributed by atoms with Crippen molar-refractivity contribution in [3.05, 3.63) is 47.5 Å². The van der Waals surface area contributed by atoms with Gasteiger partial charge in [-0.05, 0) is 20.0 Å². The third-order valence-electron chi connectivity index (χ3n) is 4.54. The van der Waals surface area contributed by atoms with Crippen LogP contribution in [-0.2, 0) is 6.54 Å². The molecule has 1 aromatic carbocycles. The SMILES string of the molecule is COc1ccccc1[C@@H]1CN(Cc2nc[nH]c2C)CCN1C. The minimum atomic E-state index is 0.351. The largest absolute Gasteiger partial charge is 0.496 e. The number of rotatable bonds is 4. The number of hydrogen-bond donors (Lipinski definition) is 1. The fraction of sp³-hybridized carbons (Fsp3) is 0.471. The summed E-state index contributed by atoms with van der Waals surface area (Å²) in [5, 5.41) is 0. The number of imidazole rings is 1. The smallest absolute Gasteiger partial charge is 0.123 e. The van der Waals surface area contributed by atoms with Gasteiger partial charge in [-0.25, -0.2) is 4.98 Å². The van der Waals surface area contributed by atoms with E-state index in [-0.39, 0.29) is 0 Å². The minimum Gasteiger partial charge on any atom is -0.496 e. The number of aryl methyl sites for hydroxylation is 1. The minimum absolute atomic E-state index is 0.351. The molecule has 1 fully saturated rings. The van der Waals surface area contributed by atoms with Crippen LogP contribution < -0.4 is 4.74 Å². The molecule has 118 valence electrons. The molecule has 0 aliphatic carbocycles. The van der Waals surface area contributed by atoms with Crippen molar-refractivity contribution in [3.8, 4) is 5.75 Å². The van der Waals surface area contributed by atoms with Gasteiger partial charge in [-0.2, -0.15) is 0 Å². The van der Waals surface area contributed by atoms with E-state index in [1.54, 1.807) is 13.4 Å². The Morgan fingerprint density at radius 2 is 2.14 bits per heavy atom. The molecular formula is C17H24N4O. The molecule has 22 heavy (non-hydrogen) atoms. The van der Waals surface area contributed by atoms with E-state index in [0.717, 1.165) is 43.3 Å². The van der Waals surface area contributed by atoms with E-state index in [1.807, 2.05) is 12.1 Å². The molecular weight excluding hydrogens is 276 g/mol. The molecule has 1 atom stereocenters. The van der Waals surface area contributed by atoms with Crippen LogP contribution in [0.25, 0.3) is 0 Å². The first kappa shape index (κ1) is 15.1. The number of nitrogens with zero attached hydrogens (tertiary/aromatic N) is 3. The van der Waals surface area contributed by atoms with E-state index < -0.39 is 0 Å². The fourth-order valence-corrected chi connectivity index (χ4v) is 3.11. The Kier molecular flexibility index (Phi) is 4.45. The number of H-pyrrole nitrogens is 1. The third-order valence-corrected chi connectivity index (χ3v) is 4.54. The van der Waals surface area contributed by atoms with E-state index in [2.05, 4.69) is 45.9 Å². The molecule has 0 radical (unpaired) electrons. The predicted octanol–water partition coefficient (Wildman–Crippen LogP) is 2.22. The lowest BCUT2D eigenvalue weighted by molar-refractivity contribution is 0.0881. The van der Waals surface area contributed by atoms with Crippen LogP contribution in [-0.4, -0.2) is 53.6 Å². The lowest BCUT2D eigenvalue weighted by Crippen LogP contribution is -2.46. The van der Waals surface area contributed by atoms with Gasteiger partial charge >= 0.3 is 0 Å². The number of aromatic amines is 1. The van der Waals surface area contributed by atoms with E-state index in [0.29, 0.717) is 6.04 Å². The van der Waals surface area contributed by atoms with Crippen molar-refractivity contribution in [1.29, 1.82) is 0 Å². The Labute approximate surface area is 131 Å². The third kappa shape index (κ3) is 3.00. The number of aromatic nitrogens is 2. The number of likely N-dealkylation sites (N-methyl/N-ethyl adjacent to an activating group) is 1. The summed E-state index contributed by atoms with van der Waals surface area (Å²) in [6.45, 7) is 6.08. The first-order chi connectivity index (χ1) is 10.7. The molecule has 5 nitrogen and oxygen atoms in total. The first-order valence-corrected chi connectivity index (χ1v) is 7.73. The number of piperazine rings is 1. The molecule has 2 heterocycles. The summed E-state index contributed by atoms with van der Waals surface area (Å²) in [6.07, 6.45) is 1.78. The Morgan fingerprint density at radius 3 is 2.86 bits per heavy atom. The van der Waals surface area contributed by atoms with Crippen LogP contribution in [0, 0.1) is 6.92 Å². The molecule has 1 aromatic heterocycles. The number of nitrogens with one attached hydrogen (secondary N) is 1. The van der Waals surface area contributed by atoms with Gasteiger partial charge < -0.3 is 9.72 Å². The monoisotopic (exact) mass is 300 g/mol. The van der Waals surface area contributed by atoms with Crippen LogP contribution in [0.3, 0.4) is 0 Å². The molecule has 0 bridgehead atoms. The number of benzene rings is 1. The van der Waals surface area contributed by atoms with Crippen molar-refractivity contribution >= 4 is 0 Å². The molecule has 2 aromatic rings. The predicted molar refractivity (Wildman–Crippen MR) is 87.0 cm³/mol. The Hall–Kier alpha value is -1.85. The van der Waals surface area contributed by atoms with Crippen molar-refractivity contribution in [2.45, 2.75) is 19.5 Å². The van der Waals surface area contributed by atoms with Crippen LogP contribution in [0.5, 0.6) is 5.75 Å². The molecule has 1 aliphatic rings. The highest BCUT2D eigenvalue weighted by Crippen LogP contribution is 2.31. The number of methoxy groups -OCH3 is 1. The normalized spacial score (nSPS) is 20.2.